The van der Waals surface area contributed by atoms with Gasteiger partial charge in [0.05, 0.1) is 16.7 Å². The van der Waals surface area contributed by atoms with Gasteiger partial charge in [-0.25, -0.2) is 10.4 Å². The molecule has 1 aromatic heterocycles. The first kappa shape index (κ1) is 20.2. The molecule has 1 heterocycles. The minimum atomic E-state index is -4.70. The van der Waals surface area contributed by atoms with Gasteiger partial charge in [-0.1, -0.05) is 35.3 Å². The molecule has 0 saturated heterocycles. The number of para-hydroxylation sites is 2. The lowest BCUT2D eigenvalue weighted by atomic mass is 10.1. The number of alkyl halides is 3. The Balaban J connectivity index is 1.85. The van der Waals surface area contributed by atoms with E-state index in [9.17, 15) is 18.0 Å². The lowest BCUT2D eigenvalue weighted by Crippen LogP contribution is -2.27. The van der Waals surface area contributed by atoms with Gasteiger partial charge in [0.1, 0.15) is 6.54 Å². The summed E-state index contributed by atoms with van der Waals surface area (Å²) in [5.41, 5.74) is 3.44. The number of rotatable bonds is 4. The van der Waals surface area contributed by atoms with Gasteiger partial charge in [-0.15, -0.1) is 0 Å². The second-order valence-electron chi connectivity index (χ2n) is 5.86. The molecule has 146 valence electrons. The zero-order valence-corrected chi connectivity index (χ0v) is 15.9. The monoisotopic (exact) mass is 428 g/mol. The van der Waals surface area contributed by atoms with Crippen LogP contribution >= 0.6 is 23.2 Å². The van der Waals surface area contributed by atoms with Crippen molar-refractivity contribution in [2.75, 3.05) is 0 Å². The Morgan fingerprint density at radius 3 is 2.64 bits per heavy atom. The molecule has 0 fully saturated rings. The van der Waals surface area contributed by atoms with Gasteiger partial charge in [0.15, 0.2) is 0 Å². The maximum absolute atomic E-state index is 13.3. The number of benzene rings is 2. The third kappa shape index (κ3) is 4.28. The first-order chi connectivity index (χ1) is 13.2. The number of nitrogens with zero attached hydrogens (tertiary/aromatic N) is 3. The van der Waals surface area contributed by atoms with Crippen LogP contribution in [0.25, 0.3) is 11.0 Å². The Morgan fingerprint density at radius 1 is 1.21 bits per heavy atom. The third-order valence-electron chi connectivity index (χ3n) is 3.88. The Morgan fingerprint density at radius 2 is 1.93 bits per heavy atom. The first-order valence-electron chi connectivity index (χ1n) is 7.98. The summed E-state index contributed by atoms with van der Waals surface area (Å²) < 4.78 is 40.7. The molecule has 28 heavy (non-hydrogen) atoms. The van der Waals surface area contributed by atoms with Crippen LogP contribution in [0, 0.1) is 0 Å². The van der Waals surface area contributed by atoms with Crippen molar-refractivity contribution in [2.45, 2.75) is 19.6 Å². The molecule has 0 atom stereocenters. The van der Waals surface area contributed by atoms with Gasteiger partial charge in [0.2, 0.25) is 5.82 Å². The highest BCUT2D eigenvalue weighted by atomic mass is 35.5. The number of carbonyl (C=O) groups is 1. The number of hydrogen-bond acceptors (Lipinski definition) is 3. The van der Waals surface area contributed by atoms with Crippen molar-refractivity contribution in [1.82, 2.24) is 15.0 Å². The second kappa shape index (κ2) is 7.81. The van der Waals surface area contributed by atoms with E-state index in [0.717, 1.165) is 4.57 Å². The Labute approximate surface area is 167 Å². The van der Waals surface area contributed by atoms with Crippen molar-refractivity contribution in [2.24, 2.45) is 5.10 Å². The fourth-order valence-corrected chi connectivity index (χ4v) is 3.04. The van der Waals surface area contributed by atoms with Gasteiger partial charge in [-0.3, -0.25) is 4.79 Å². The van der Waals surface area contributed by atoms with E-state index < -0.39 is 24.5 Å². The van der Waals surface area contributed by atoms with E-state index >= 15 is 0 Å². The van der Waals surface area contributed by atoms with Crippen LogP contribution in [0.5, 0.6) is 0 Å². The summed E-state index contributed by atoms with van der Waals surface area (Å²) in [6, 6.07) is 10.8. The maximum atomic E-state index is 13.3. The van der Waals surface area contributed by atoms with Crippen LogP contribution in [0.3, 0.4) is 0 Å². The molecule has 10 heteroatoms. The third-order valence-corrected chi connectivity index (χ3v) is 4.44. The van der Waals surface area contributed by atoms with E-state index in [1.54, 1.807) is 37.3 Å². The molecule has 0 radical (unpaired) electrons. The Hall–Kier alpha value is -2.58. The number of hydrogen-bond donors (Lipinski definition) is 1. The SMILES string of the molecule is CC(=NNC(=O)Cn1c(C(F)(F)F)nc2ccccc21)c1cc(Cl)ccc1Cl. The Bertz CT molecular complexity index is 1080. The van der Waals surface area contributed by atoms with Crippen molar-refractivity contribution in [3.8, 4) is 0 Å². The Kier molecular flexibility index (Phi) is 5.62. The molecule has 3 rings (SSSR count). The molecule has 0 spiro atoms. The molecular formula is C18H13Cl2F3N4O. The van der Waals surface area contributed by atoms with Crippen LogP contribution in [0.15, 0.2) is 47.6 Å². The van der Waals surface area contributed by atoms with E-state index in [-0.39, 0.29) is 11.0 Å². The summed E-state index contributed by atoms with van der Waals surface area (Å²) in [6.45, 7) is 0.987. The fourth-order valence-electron chi connectivity index (χ4n) is 2.61. The molecule has 0 aliphatic rings. The van der Waals surface area contributed by atoms with Gasteiger partial charge < -0.3 is 4.57 Å². The predicted molar refractivity (Wildman–Crippen MR) is 102 cm³/mol. The van der Waals surface area contributed by atoms with E-state index in [4.69, 9.17) is 23.2 Å². The van der Waals surface area contributed by atoms with Gasteiger partial charge in [-0.2, -0.15) is 18.3 Å². The zero-order chi connectivity index (χ0) is 20.5. The summed E-state index contributed by atoms with van der Waals surface area (Å²) >= 11 is 12.0. The van der Waals surface area contributed by atoms with Crippen LogP contribution in [-0.2, 0) is 17.5 Å². The number of amides is 1. The molecule has 1 N–H and O–H groups in total. The molecule has 0 saturated carbocycles. The molecule has 0 bridgehead atoms. The predicted octanol–water partition coefficient (Wildman–Crippen LogP) is 4.90. The van der Waals surface area contributed by atoms with E-state index in [1.807, 2.05) is 0 Å². The molecule has 1 amide bonds. The smallest absolute Gasteiger partial charge is 0.311 e. The van der Waals surface area contributed by atoms with Crippen molar-refractivity contribution in [1.29, 1.82) is 0 Å². The summed E-state index contributed by atoms with van der Waals surface area (Å²) in [5.74, 6) is -1.89. The molecular weight excluding hydrogens is 416 g/mol. The van der Waals surface area contributed by atoms with Gasteiger partial charge in [0.25, 0.3) is 5.91 Å². The highest BCUT2D eigenvalue weighted by Crippen LogP contribution is 2.31. The van der Waals surface area contributed by atoms with Gasteiger partial charge in [0, 0.05) is 15.6 Å². The number of fused-ring (bicyclic) bond motifs is 1. The van der Waals surface area contributed by atoms with Crippen LogP contribution in [0.4, 0.5) is 13.2 Å². The summed E-state index contributed by atoms with van der Waals surface area (Å²) in [6.07, 6.45) is -4.70. The standard InChI is InChI=1S/C18H13Cl2F3N4O/c1-10(12-8-11(19)6-7-13(12)20)25-26-16(28)9-27-15-5-3-2-4-14(15)24-17(27)18(21,22)23/h2-8H,9H2,1H3,(H,26,28). The van der Waals surface area contributed by atoms with E-state index in [1.165, 1.54) is 12.1 Å². The van der Waals surface area contributed by atoms with Crippen molar-refractivity contribution in [3.63, 3.8) is 0 Å². The molecule has 3 aromatic rings. The molecule has 0 unspecified atom stereocenters. The van der Waals surface area contributed by atoms with E-state index in [0.29, 0.717) is 21.3 Å². The number of carbonyl (C=O) groups excluding carboxylic acids is 1. The van der Waals surface area contributed by atoms with E-state index in [2.05, 4.69) is 15.5 Å². The first-order valence-corrected chi connectivity index (χ1v) is 8.73. The van der Waals surface area contributed by atoms with Crippen LogP contribution in [0.1, 0.15) is 18.3 Å². The number of hydrazone groups is 1. The quantitative estimate of drug-likeness (QED) is 0.474. The maximum Gasteiger partial charge on any atom is 0.449 e. The molecule has 5 nitrogen and oxygen atoms in total. The van der Waals surface area contributed by atoms with Crippen LogP contribution in [-0.4, -0.2) is 21.2 Å². The van der Waals surface area contributed by atoms with Crippen LogP contribution in [0.2, 0.25) is 10.0 Å². The summed E-state index contributed by atoms with van der Waals surface area (Å²) in [4.78, 5) is 15.8. The average Bonchev–Trinajstić information content (AvgIpc) is 3.01. The minimum absolute atomic E-state index is 0.146. The highest BCUT2D eigenvalue weighted by Gasteiger charge is 2.37. The highest BCUT2D eigenvalue weighted by molar-refractivity contribution is 6.36. The number of imidazole rings is 1. The van der Waals surface area contributed by atoms with Crippen molar-refractivity contribution < 1.29 is 18.0 Å². The summed E-state index contributed by atoms with van der Waals surface area (Å²) in [5, 5.41) is 4.71. The lowest BCUT2D eigenvalue weighted by molar-refractivity contribution is -0.147. The normalized spacial score (nSPS) is 12.4. The summed E-state index contributed by atoms with van der Waals surface area (Å²) in [7, 11) is 0. The zero-order valence-electron chi connectivity index (χ0n) is 14.4. The number of aromatic nitrogens is 2. The van der Waals surface area contributed by atoms with Gasteiger partial charge in [-0.05, 0) is 37.3 Å². The molecule has 0 aliphatic carbocycles. The minimum Gasteiger partial charge on any atom is -0.311 e. The molecule has 0 aliphatic heterocycles. The van der Waals surface area contributed by atoms with Crippen LogP contribution < -0.4 is 5.43 Å². The number of nitrogens with one attached hydrogen (secondary N) is 1. The van der Waals surface area contributed by atoms with Gasteiger partial charge >= 0.3 is 6.18 Å². The lowest BCUT2D eigenvalue weighted by Gasteiger charge is -2.11. The second-order valence-corrected chi connectivity index (χ2v) is 6.71. The van der Waals surface area contributed by atoms with Crippen molar-refractivity contribution in [3.05, 3.63) is 63.9 Å². The van der Waals surface area contributed by atoms with Crippen molar-refractivity contribution >= 4 is 45.9 Å². The topological polar surface area (TPSA) is 59.3 Å². The largest absolute Gasteiger partial charge is 0.449 e. The average molecular weight is 429 g/mol. The fraction of sp³-hybridized carbons (Fsp3) is 0.167. The number of halogens is 5. The molecule has 2 aromatic carbocycles.